The molecule has 0 saturated carbocycles. The number of ether oxygens (including phenoxy) is 2. The van der Waals surface area contributed by atoms with Crippen LogP contribution in [0.1, 0.15) is 18.5 Å². The maximum absolute atomic E-state index is 12.7. The summed E-state index contributed by atoms with van der Waals surface area (Å²) >= 11 is 0.989. The van der Waals surface area contributed by atoms with Gasteiger partial charge >= 0.3 is 0 Å². The zero-order valence-corrected chi connectivity index (χ0v) is 14.2. The SMILES string of the molecule is CC(NS(=O)(=O)c1cccc2nsnc12)c1ccc2c(c1)OCO2. The molecule has 24 heavy (non-hydrogen) atoms. The lowest BCUT2D eigenvalue weighted by Gasteiger charge is -2.15. The van der Waals surface area contributed by atoms with Gasteiger partial charge < -0.3 is 9.47 Å². The predicted octanol–water partition coefficient (Wildman–Crippen LogP) is 2.46. The molecule has 1 atom stereocenters. The maximum atomic E-state index is 12.7. The van der Waals surface area contributed by atoms with Gasteiger partial charge in [0.15, 0.2) is 11.5 Å². The molecule has 2 heterocycles. The molecular weight excluding hydrogens is 350 g/mol. The van der Waals surface area contributed by atoms with Crippen molar-refractivity contribution in [2.24, 2.45) is 0 Å². The van der Waals surface area contributed by atoms with E-state index in [1.165, 1.54) is 6.07 Å². The zero-order chi connectivity index (χ0) is 16.7. The maximum Gasteiger partial charge on any atom is 0.243 e. The summed E-state index contributed by atoms with van der Waals surface area (Å²) in [6.07, 6.45) is 0. The van der Waals surface area contributed by atoms with Crippen molar-refractivity contribution in [3.05, 3.63) is 42.0 Å². The van der Waals surface area contributed by atoms with Crippen LogP contribution in [0, 0.1) is 0 Å². The van der Waals surface area contributed by atoms with E-state index in [1.54, 1.807) is 31.2 Å². The van der Waals surface area contributed by atoms with Gasteiger partial charge in [-0.05, 0) is 36.8 Å². The van der Waals surface area contributed by atoms with Gasteiger partial charge in [-0.3, -0.25) is 0 Å². The molecule has 0 fully saturated rings. The number of aromatic nitrogens is 2. The van der Waals surface area contributed by atoms with Gasteiger partial charge in [-0.15, -0.1) is 0 Å². The minimum Gasteiger partial charge on any atom is -0.454 e. The van der Waals surface area contributed by atoms with E-state index in [0.717, 1.165) is 17.3 Å². The van der Waals surface area contributed by atoms with Crippen molar-refractivity contribution in [2.75, 3.05) is 6.79 Å². The second-order valence-electron chi connectivity index (χ2n) is 5.34. The topological polar surface area (TPSA) is 90.4 Å². The first kappa shape index (κ1) is 15.3. The zero-order valence-electron chi connectivity index (χ0n) is 12.6. The van der Waals surface area contributed by atoms with E-state index < -0.39 is 16.1 Å². The Morgan fingerprint density at radius 2 is 2.00 bits per heavy atom. The van der Waals surface area contributed by atoms with Gasteiger partial charge in [-0.2, -0.15) is 8.75 Å². The molecule has 0 spiro atoms. The van der Waals surface area contributed by atoms with Gasteiger partial charge in [0.1, 0.15) is 15.9 Å². The number of benzene rings is 2. The number of hydrogen-bond donors (Lipinski definition) is 1. The van der Waals surface area contributed by atoms with Crippen LogP contribution in [0.5, 0.6) is 11.5 Å². The highest BCUT2D eigenvalue weighted by atomic mass is 32.2. The van der Waals surface area contributed by atoms with Gasteiger partial charge in [0.2, 0.25) is 16.8 Å². The van der Waals surface area contributed by atoms with Crippen molar-refractivity contribution in [2.45, 2.75) is 17.9 Å². The Morgan fingerprint density at radius 1 is 1.17 bits per heavy atom. The van der Waals surface area contributed by atoms with Crippen LogP contribution < -0.4 is 14.2 Å². The molecule has 1 aromatic heterocycles. The minimum atomic E-state index is -3.74. The standard InChI is InChI=1S/C15H13N3O4S2/c1-9(10-5-6-12-13(7-10)22-8-21-12)18-24(19,20)14-4-2-3-11-15(14)17-23-16-11/h2-7,9,18H,8H2,1H3. The summed E-state index contributed by atoms with van der Waals surface area (Å²) in [6.45, 7) is 1.95. The number of sulfonamides is 1. The highest BCUT2D eigenvalue weighted by Crippen LogP contribution is 2.34. The smallest absolute Gasteiger partial charge is 0.243 e. The van der Waals surface area contributed by atoms with Gasteiger partial charge in [0, 0.05) is 6.04 Å². The van der Waals surface area contributed by atoms with E-state index in [-0.39, 0.29) is 11.7 Å². The molecule has 7 nitrogen and oxygen atoms in total. The van der Waals surface area contributed by atoms with Gasteiger partial charge in [0.25, 0.3) is 0 Å². The van der Waals surface area contributed by atoms with E-state index in [1.807, 2.05) is 6.07 Å². The van der Waals surface area contributed by atoms with Crippen molar-refractivity contribution in [1.82, 2.24) is 13.5 Å². The van der Waals surface area contributed by atoms with E-state index in [9.17, 15) is 8.42 Å². The molecule has 0 saturated heterocycles. The molecule has 0 amide bonds. The molecule has 1 aliphatic rings. The molecule has 1 unspecified atom stereocenters. The first-order valence-corrected chi connectivity index (χ1v) is 9.39. The third-order valence-corrected chi connectivity index (χ3v) is 5.88. The molecule has 9 heteroatoms. The molecule has 1 aliphatic heterocycles. The van der Waals surface area contributed by atoms with Crippen molar-refractivity contribution in [3.8, 4) is 11.5 Å². The Balaban J connectivity index is 1.65. The van der Waals surface area contributed by atoms with Crippen LogP contribution in [0.15, 0.2) is 41.3 Å². The van der Waals surface area contributed by atoms with E-state index >= 15 is 0 Å². The van der Waals surface area contributed by atoms with E-state index in [2.05, 4.69) is 13.5 Å². The van der Waals surface area contributed by atoms with Crippen LogP contribution in [0.2, 0.25) is 0 Å². The average molecular weight is 363 g/mol. The van der Waals surface area contributed by atoms with Crippen LogP contribution in [-0.2, 0) is 10.0 Å². The second kappa shape index (κ2) is 5.69. The van der Waals surface area contributed by atoms with E-state index in [0.29, 0.717) is 22.5 Å². The van der Waals surface area contributed by atoms with Crippen molar-refractivity contribution in [3.63, 3.8) is 0 Å². The Labute approximate surface area is 142 Å². The molecule has 4 rings (SSSR count). The summed E-state index contributed by atoms with van der Waals surface area (Å²) in [4.78, 5) is 0.126. The fraction of sp³-hybridized carbons (Fsp3) is 0.200. The Hall–Kier alpha value is -2.23. The Morgan fingerprint density at radius 3 is 2.88 bits per heavy atom. The second-order valence-corrected chi connectivity index (χ2v) is 7.55. The fourth-order valence-corrected chi connectivity index (χ4v) is 4.54. The molecule has 1 N–H and O–H groups in total. The third-order valence-electron chi connectivity index (χ3n) is 3.77. The highest BCUT2D eigenvalue weighted by Gasteiger charge is 2.23. The number of rotatable bonds is 4. The molecule has 124 valence electrons. The van der Waals surface area contributed by atoms with Gasteiger partial charge in [0.05, 0.1) is 11.7 Å². The molecule has 0 aliphatic carbocycles. The average Bonchev–Trinajstić information content (AvgIpc) is 3.21. The molecule has 0 radical (unpaired) electrons. The molecular formula is C15H13N3O4S2. The summed E-state index contributed by atoms with van der Waals surface area (Å²) in [6, 6.07) is 9.84. The number of fused-ring (bicyclic) bond motifs is 2. The van der Waals surface area contributed by atoms with Crippen LogP contribution in [0.3, 0.4) is 0 Å². The lowest BCUT2D eigenvalue weighted by Crippen LogP contribution is -2.27. The molecule has 3 aromatic rings. The summed E-state index contributed by atoms with van der Waals surface area (Å²) in [5.74, 6) is 1.27. The van der Waals surface area contributed by atoms with Gasteiger partial charge in [-0.1, -0.05) is 12.1 Å². The number of hydrogen-bond acceptors (Lipinski definition) is 7. The van der Waals surface area contributed by atoms with Gasteiger partial charge in [-0.25, -0.2) is 13.1 Å². The molecule has 2 aromatic carbocycles. The minimum absolute atomic E-state index is 0.126. The highest BCUT2D eigenvalue weighted by molar-refractivity contribution is 7.89. The normalized spacial score (nSPS) is 14.9. The Kier molecular flexibility index (Phi) is 3.63. The predicted molar refractivity (Wildman–Crippen MR) is 88.7 cm³/mol. The van der Waals surface area contributed by atoms with Crippen molar-refractivity contribution < 1.29 is 17.9 Å². The first-order valence-electron chi connectivity index (χ1n) is 7.18. The monoisotopic (exact) mass is 363 g/mol. The largest absolute Gasteiger partial charge is 0.454 e. The summed E-state index contributed by atoms with van der Waals surface area (Å²) < 4.78 is 46.9. The number of nitrogens with one attached hydrogen (secondary N) is 1. The van der Waals surface area contributed by atoms with Crippen molar-refractivity contribution >= 4 is 32.8 Å². The van der Waals surface area contributed by atoms with Crippen LogP contribution >= 0.6 is 11.7 Å². The van der Waals surface area contributed by atoms with E-state index in [4.69, 9.17) is 9.47 Å². The quantitative estimate of drug-likeness (QED) is 0.766. The molecule has 0 bridgehead atoms. The van der Waals surface area contributed by atoms with Crippen LogP contribution in [0.4, 0.5) is 0 Å². The lowest BCUT2D eigenvalue weighted by molar-refractivity contribution is 0.174. The van der Waals surface area contributed by atoms with Crippen LogP contribution in [0.25, 0.3) is 11.0 Å². The van der Waals surface area contributed by atoms with Crippen molar-refractivity contribution in [1.29, 1.82) is 0 Å². The van der Waals surface area contributed by atoms with Crippen LogP contribution in [-0.4, -0.2) is 24.0 Å². The Bertz CT molecular complexity index is 1020. The third kappa shape index (κ3) is 2.60. The summed E-state index contributed by atoms with van der Waals surface area (Å²) in [5.41, 5.74) is 1.73. The lowest BCUT2D eigenvalue weighted by atomic mass is 10.1. The first-order chi connectivity index (χ1) is 11.5. The summed E-state index contributed by atoms with van der Waals surface area (Å²) in [5, 5.41) is 0. The number of nitrogens with zero attached hydrogens (tertiary/aromatic N) is 2. The summed E-state index contributed by atoms with van der Waals surface area (Å²) in [7, 11) is -3.74. The fourth-order valence-electron chi connectivity index (χ4n) is 2.54.